The van der Waals surface area contributed by atoms with Gasteiger partial charge in [-0.3, -0.25) is 4.57 Å². The molecule has 0 bridgehead atoms. The molecule has 262 valence electrons. The van der Waals surface area contributed by atoms with Crippen molar-refractivity contribution >= 4 is 103 Å². The third kappa shape index (κ3) is 4.54. The molecular formula is C50H30N4OS. The second-order valence-corrected chi connectivity index (χ2v) is 15.2. The van der Waals surface area contributed by atoms with Crippen LogP contribution in [-0.2, 0) is 0 Å². The van der Waals surface area contributed by atoms with Crippen LogP contribution in [0.5, 0.6) is 0 Å². The summed E-state index contributed by atoms with van der Waals surface area (Å²) < 4.78 is 11.6. The quantitative estimate of drug-likeness (QED) is 0.177. The Balaban J connectivity index is 1.17. The summed E-state index contributed by atoms with van der Waals surface area (Å²) in [5.41, 5.74) is 9.98. The van der Waals surface area contributed by atoms with Crippen LogP contribution in [0.1, 0.15) is 0 Å². The Morgan fingerprint density at radius 3 is 1.84 bits per heavy atom. The average Bonchev–Trinajstić information content (AvgIpc) is 3.94. The van der Waals surface area contributed by atoms with Crippen molar-refractivity contribution < 1.29 is 4.42 Å². The second-order valence-electron chi connectivity index (χ2n) is 14.1. The summed E-state index contributed by atoms with van der Waals surface area (Å²) in [6, 6.07) is 64.0. The number of furan rings is 1. The van der Waals surface area contributed by atoms with Crippen LogP contribution in [0.4, 0.5) is 17.1 Å². The SMILES string of the molecule is c1ccc(-c2nc(-n3c4ccccc4c4c5oc6c7ccccc7c(N(c7ccccc7)c7ccccc7)cc6c5ccc43)nc3c2sc2ccccc23)cc1. The summed E-state index contributed by atoms with van der Waals surface area (Å²) in [6.45, 7) is 0. The summed E-state index contributed by atoms with van der Waals surface area (Å²) in [4.78, 5) is 13.1. The number of hydrogen-bond acceptors (Lipinski definition) is 5. The summed E-state index contributed by atoms with van der Waals surface area (Å²) >= 11 is 1.75. The lowest BCUT2D eigenvalue weighted by Crippen LogP contribution is -2.10. The van der Waals surface area contributed by atoms with E-state index in [1.807, 2.05) is 6.07 Å². The molecule has 12 rings (SSSR count). The van der Waals surface area contributed by atoms with Crippen molar-refractivity contribution in [3.05, 3.63) is 182 Å². The number of nitrogens with zero attached hydrogens (tertiary/aromatic N) is 4. The highest BCUT2D eigenvalue weighted by Gasteiger charge is 2.25. The zero-order valence-electron chi connectivity index (χ0n) is 29.9. The average molecular weight is 735 g/mol. The number of benzene rings is 8. The molecule has 5 nitrogen and oxygen atoms in total. The predicted molar refractivity (Wildman–Crippen MR) is 234 cm³/mol. The smallest absolute Gasteiger partial charge is 0.235 e. The van der Waals surface area contributed by atoms with E-state index >= 15 is 0 Å². The lowest BCUT2D eigenvalue weighted by molar-refractivity contribution is 0.676. The van der Waals surface area contributed by atoms with Crippen LogP contribution in [0, 0.1) is 0 Å². The molecule has 0 spiro atoms. The van der Waals surface area contributed by atoms with Gasteiger partial charge in [0.15, 0.2) is 0 Å². The minimum absolute atomic E-state index is 0.635. The van der Waals surface area contributed by atoms with Crippen molar-refractivity contribution in [2.75, 3.05) is 4.90 Å². The first-order valence-corrected chi connectivity index (χ1v) is 19.6. The Hall–Kier alpha value is -7.28. The Bertz CT molecular complexity index is 3440. The molecule has 4 heterocycles. The number of para-hydroxylation sites is 3. The first-order valence-electron chi connectivity index (χ1n) is 18.8. The second kappa shape index (κ2) is 12.1. The van der Waals surface area contributed by atoms with Crippen molar-refractivity contribution in [1.82, 2.24) is 14.5 Å². The molecule has 0 N–H and O–H groups in total. The molecule has 0 aliphatic rings. The Labute approximate surface area is 324 Å². The van der Waals surface area contributed by atoms with Gasteiger partial charge in [-0.15, -0.1) is 11.3 Å². The fourth-order valence-corrected chi connectivity index (χ4v) is 9.69. The van der Waals surface area contributed by atoms with Gasteiger partial charge in [0.05, 0.1) is 38.0 Å². The zero-order valence-corrected chi connectivity index (χ0v) is 30.7. The molecule has 6 heteroatoms. The van der Waals surface area contributed by atoms with Gasteiger partial charge in [0.2, 0.25) is 5.95 Å². The van der Waals surface area contributed by atoms with Crippen LogP contribution >= 0.6 is 11.3 Å². The molecule has 0 saturated carbocycles. The number of thiophene rings is 1. The van der Waals surface area contributed by atoms with Gasteiger partial charge in [0.25, 0.3) is 0 Å². The molecule has 0 atom stereocenters. The lowest BCUT2D eigenvalue weighted by Gasteiger charge is -2.27. The maximum absolute atomic E-state index is 7.12. The molecule has 0 amide bonds. The first-order chi connectivity index (χ1) is 27.8. The highest BCUT2D eigenvalue weighted by atomic mass is 32.1. The summed E-state index contributed by atoms with van der Waals surface area (Å²) in [6.07, 6.45) is 0. The summed E-state index contributed by atoms with van der Waals surface area (Å²) in [7, 11) is 0. The minimum atomic E-state index is 0.635. The number of hydrogen-bond donors (Lipinski definition) is 0. The molecule has 12 aromatic rings. The van der Waals surface area contributed by atoms with E-state index < -0.39 is 0 Å². The van der Waals surface area contributed by atoms with Crippen molar-refractivity contribution in [2.24, 2.45) is 0 Å². The molecule has 0 fully saturated rings. The van der Waals surface area contributed by atoms with Crippen LogP contribution in [0.15, 0.2) is 186 Å². The van der Waals surface area contributed by atoms with Crippen molar-refractivity contribution in [2.45, 2.75) is 0 Å². The van der Waals surface area contributed by atoms with E-state index in [-0.39, 0.29) is 0 Å². The molecule has 0 aliphatic carbocycles. The minimum Gasteiger partial charge on any atom is -0.455 e. The molecule has 4 aromatic heterocycles. The molecule has 0 radical (unpaired) electrons. The van der Waals surface area contributed by atoms with Gasteiger partial charge in [-0.1, -0.05) is 127 Å². The van der Waals surface area contributed by atoms with Crippen molar-refractivity contribution in [3.63, 3.8) is 0 Å². The first kappa shape index (κ1) is 31.1. The van der Waals surface area contributed by atoms with E-state index in [4.69, 9.17) is 14.4 Å². The van der Waals surface area contributed by atoms with Crippen molar-refractivity contribution in [1.29, 1.82) is 0 Å². The highest BCUT2D eigenvalue weighted by molar-refractivity contribution is 7.26. The van der Waals surface area contributed by atoms with Crippen LogP contribution < -0.4 is 4.90 Å². The monoisotopic (exact) mass is 734 g/mol. The fourth-order valence-electron chi connectivity index (χ4n) is 8.54. The highest BCUT2D eigenvalue weighted by Crippen LogP contribution is 2.47. The fraction of sp³-hybridized carbons (Fsp3) is 0. The van der Waals surface area contributed by atoms with E-state index in [1.54, 1.807) is 11.3 Å². The Morgan fingerprint density at radius 1 is 0.482 bits per heavy atom. The maximum Gasteiger partial charge on any atom is 0.235 e. The summed E-state index contributed by atoms with van der Waals surface area (Å²) in [5, 5.41) is 7.58. The van der Waals surface area contributed by atoms with Gasteiger partial charge in [0.1, 0.15) is 11.2 Å². The van der Waals surface area contributed by atoms with E-state index in [0.29, 0.717) is 5.95 Å². The maximum atomic E-state index is 7.12. The Morgan fingerprint density at radius 2 is 1.09 bits per heavy atom. The summed E-state index contributed by atoms with van der Waals surface area (Å²) in [5.74, 6) is 0.635. The molecule has 8 aromatic carbocycles. The van der Waals surface area contributed by atoms with Gasteiger partial charge in [-0.25, -0.2) is 9.97 Å². The third-order valence-electron chi connectivity index (χ3n) is 11.0. The Kier molecular flexibility index (Phi) is 6.73. The van der Waals surface area contributed by atoms with Crippen LogP contribution in [0.3, 0.4) is 0 Å². The predicted octanol–water partition coefficient (Wildman–Crippen LogP) is 14.1. The van der Waals surface area contributed by atoms with Gasteiger partial charge >= 0.3 is 0 Å². The standard InChI is InChI=1S/C50H30N4OS/c1-4-16-31(17-5-1)45-49-46(38-25-13-15-27-43(38)56-49)52-50(51-45)54-40-26-14-12-24-37(40)44-41(54)29-28-36-39-30-42(34-22-10-11-23-35(34)47(39)55-48(36)44)53(32-18-6-2-7-19-32)33-20-8-3-9-21-33/h1-30H. The molecule has 56 heavy (non-hydrogen) atoms. The zero-order chi connectivity index (χ0) is 36.7. The number of anilines is 3. The molecular weight excluding hydrogens is 705 g/mol. The van der Waals surface area contributed by atoms with Gasteiger partial charge in [0, 0.05) is 54.0 Å². The topological polar surface area (TPSA) is 47.1 Å². The normalized spacial score (nSPS) is 11.9. The molecule has 0 unspecified atom stereocenters. The largest absolute Gasteiger partial charge is 0.455 e. The van der Waals surface area contributed by atoms with Crippen molar-refractivity contribution in [3.8, 4) is 17.2 Å². The van der Waals surface area contributed by atoms with Gasteiger partial charge in [-0.05, 0) is 54.6 Å². The van der Waals surface area contributed by atoms with Crippen LogP contribution in [0.25, 0.3) is 92.0 Å². The van der Waals surface area contributed by atoms with Crippen LogP contribution in [-0.4, -0.2) is 14.5 Å². The van der Waals surface area contributed by atoms with Crippen LogP contribution in [0.2, 0.25) is 0 Å². The van der Waals surface area contributed by atoms with E-state index in [0.717, 1.165) is 98.4 Å². The van der Waals surface area contributed by atoms with Gasteiger partial charge in [-0.2, -0.15) is 0 Å². The number of rotatable bonds is 5. The molecule has 0 aliphatic heterocycles. The van der Waals surface area contributed by atoms with E-state index in [1.165, 1.54) is 4.70 Å². The number of aromatic nitrogens is 3. The van der Waals surface area contributed by atoms with Gasteiger partial charge < -0.3 is 9.32 Å². The number of fused-ring (bicyclic) bond motifs is 12. The lowest BCUT2D eigenvalue weighted by atomic mass is 10.0. The van der Waals surface area contributed by atoms with E-state index in [2.05, 4.69) is 185 Å². The molecule has 0 saturated heterocycles. The third-order valence-corrected chi connectivity index (χ3v) is 12.2. The van der Waals surface area contributed by atoms with E-state index in [9.17, 15) is 0 Å².